The van der Waals surface area contributed by atoms with Gasteiger partial charge in [0.25, 0.3) is 5.91 Å². The molecule has 1 unspecified atom stereocenters. The van der Waals surface area contributed by atoms with E-state index in [4.69, 9.17) is 10.8 Å². The molecule has 4 rings (SSSR count). The van der Waals surface area contributed by atoms with E-state index in [-0.39, 0.29) is 17.0 Å². The van der Waals surface area contributed by atoms with Crippen molar-refractivity contribution in [2.45, 2.75) is 71.8 Å². The number of rotatable bonds is 4. The smallest absolute Gasteiger partial charge is 0.253 e. The van der Waals surface area contributed by atoms with Gasteiger partial charge in [0.15, 0.2) is 0 Å². The summed E-state index contributed by atoms with van der Waals surface area (Å²) in [6.45, 7) is 6.52. The molecule has 0 spiro atoms. The van der Waals surface area contributed by atoms with Gasteiger partial charge in [-0.25, -0.2) is 9.07 Å². The highest BCUT2D eigenvalue weighted by molar-refractivity contribution is 5.99. The number of fused-ring (bicyclic) bond motifs is 1. The molecular formula is C23H30FN4O. The van der Waals surface area contributed by atoms with E-state index in [9.17, 15) is 4.79 Å². The molecular weight excluding hydrogens is 367 g/mol. The zero-order chi connectivity index (χ0) is 20.8. The summed E-state index contributed by atoms with van der Waals surface area (Å²) in [6.07, 6.45) is 9.31. The van der Waals surface area contributed by atoms with Crippen molar-refractivity contribution in [2.24, 2.45) is 11.1 Å². The minimum Gasteiger partial charge on any atom is -0.382 e. The van der Waals surface area contributed by atoms with E-state index in [0.29, 0.717) is 11.4 Å². The van der Waals surface area contributed by atoms with Crippen molar-refractivity contribution in [3.63, 3.8) is 0 Å². The summed E-state index contributed by atoms with van der Waals surface area (Å²) in [5, 5.41) is 8.10. The van der Waals surface area contributed by atoms with E-state index < -0.39 is 11.7 Å². The van der Waals surface area contributed by atoms with E-state index in [1.807, 2.05) is 17.7 Å². The zero-order valence-electron chi connectivity index (χ0n) is 17.5. The second kappa shape index (κ2) is 7.47. The number of anilines is 1. The van der Waals surface area contributed by atoms with Crippen LogP contribution in [-0.2, 0) is 12.8 Å². The number of nitrogens with two attached hydrogens (primary N) is 1. The first-order chi connectivity index (χ1) is 13.7. The van der Waals surface area contributed by atoms with Crippen LogP contribution in [0.3, 0.4) is 0 Å². The van der Waals surface area contributed by atoms with Gasteiger partial charge in [-0.3, -0.25) is 4.79 Å². The van der Waals surface area contributed by atoms with Gasteiger partial charge in [0, 0.05) is 17.8 Å². The number of hydrogen-bond donors (Lipinski definition) is 2. The van der Waals surface area contributed by atoms with Crippen LogP contribution < -0.4 is 11.1 Å². The molecule has 1 atom stereocenters. The SMILES string of the molecule is Cc1nn(-c2cc(F)c(C(N)=O)c(NC3C[CH]CCC3)c2)c2c1CCC(C)(C)C2. The van der Waals surface area contributed by atoms with Crippen LogP contribution in [0.2, 0.25) is 0 Å². The first-order valence-electron chi connectivity index (χ1n) is 10.5. The number of benzene rings is 1. The maximum absolute atomic E-state index is 15.0. The van der Waals surface area contributed by atoms with Gasteiger partial charge in [0.1, 0.15) is 5.82 Å². The average molecular weight is 398 g/mol. The molecule has 0 bridgehead atoms. The summed E-state index contributed by atoms with van der Waals surface area (Å²) in [6, 6.07) is 3.39. The fourth-order valence-corrected chi connectivity index (χ4v) is 4.71. The Bertz CT molecular complexity index is 941. The molecule has 1 heterocycles. The number of hydrogen-bond acceptors (Lipinski definition) is 3. The molecule has 29 heavy (non-hydrogen) atoms. The molecule has 1 amide bonds. The summed E-state index contributed by atoms with van der Waals surface area (Å²) in [4.78, 5) is 12.0. The number of aryl methyl sites for hydroxylation is 1. The second-order valence-corrected chi connectivity index (χ2v) is 9.27. The topological polar surface area (TPSA) is 72.9 Å². The number of carbonyl (C=O) groups excluding carboxylic acids is 1. The van der Waals surface area contributed by atoms with Crippen molar-refractivity contribution in [1.29, 1.82) is 0 Å². The van der Waals surface area contributed by atoms with Crippen LogP contribution in [0, 0.1) is 24.6 Å². The van der Waals surface area contributed by atoms with Crippen LogP contribution >= 0.6 is 0 Å². The lowest BCUT2D eigenvalue weighted by atomic mass is 9.76. The molecule has 3 N–H and O–H groups in total. The maximum Gasteiger partial charge on any atom is 0.253 e. The molecule has 2 aliphatic carbocycles. The highest BCUT2D eigenvalue weighted by Crippen LogP contribution is 2.37. The minimum atomic E-state index is -0.754. The third kappa shape index (κ3) is 3.89. The lowest BCUT2D eigenvalue weighted by Crippen LogP contribution is -2.26. The summed E-state index contributed by atoms with van der Waals surface area (Å²) < 4.78 is 16.9. The molecule has 2 aromatic rings. The second-order valence-electron chi connectivity index (χ2n) is 9.27. The fraction of sp³-hybridized carbons (Fsp3) is 0.522. The van der Waals surface area contributed by atoms with Crippen LogP contribution in [0.25, 0.3) is 5.69 Å². The molecule has 1 fully saturated rings. The van der Waals surface area contributed by atoms with Gasteiger partial charge in [-0.2, -0.15) is 5.10 Å². The molecule has 2 aliphatic rings. The number of nitrogens with one attached hydrogen (secondary N) is 1. The summed E-state index contributed by atoms with van der Waals surface area (Å²) in [7, 11) is 0. The molecule has 1 saturated carbocycles. The summed E-state index contributed by atoms with van der Waals surface area (Å²) in [5.41, 5.74) is 10.1. The maximum atomic E-state index is 15.0. The van der Waals surface area contributed by atoms with Crippen LogP contribution in [-0.4, -0.2) is 21.7 Å². The van der Waals surface area contributed by atoms with E-state index in [1.165, 1.54) is 11.6 Å². The third-order valence-corrected chi connectivity index (χ3v) is 6.33. The Morgan fingerprint density at radius 3 is 2.86 bits per heavy atom. The molecule has 1 radical (unpaired) electrons. The molecule has 1 aromatic heterocycles. The van der Waals surface area contributed by atoms with Crippen molar-refractivity contribution in [1.82, 2.24) is 9.78 Å². The molecule has 5 nitrogen and oxygen atoms in total. The summed E-state index contributed by atoms with van der Waals surface area (Å²) >= 11 is 0. The average Bonchev–Trinajstić information content (AvgIpc) is 2.96. The standard InChI is InChI=1S/C23H30FN4O/c1-14-17-9-10-23(2,3)13-20(17)28(27-14)16-11-18(24)21(22(25)29)19(12-16)26-15-7-5-4-6-8-15/h5,11-12,15,26H,4,6-10,13H2,1-3H3,(H2,25,29). The van der Waals surface area contributed by atoms with Gasteiger partial charge in [-0.15, -0.1) is 0 Å². The number of carbonyl (C=O) groups is 1. The van der Waals surface area contributed by atoms with E-state index in [2.05, 4.69) is 25.6 Å². The van der Waals surface area contributed by atoms with Crippen molar-refractivity contribution >= 4 is 11.6 Å². The van der Waals surface area contributed by atoms with Crippen LogP contribution in [0.1, 0.15) is 73.3 Å². The quantitative estimate of drug-likeness (QED) is 0.798. The van der Waals surface area contributed by atoms with Crippen molar-refractivity contribution in [3.8, 4) is 5.69 Å². The van der Waals surface area contributed by atoms with Crippen molar-refractivity contribution < 1.29 is 9.18 Å². The van der Waals surface area contributed by atoms with Crippen molar-refractivity contribution in [2.75, 3.05) is 5.32 Å². The van der Waals surface area contributed by atoms with Crippen LogP contribution in [0.4, 0.5) is 10.1 Å². The Kier molecular flexibility index (Phi) is 5.13. The number of amides is 1. The highest BCUT2D eigenvalue weighted by atomic mass is 19.1. The van der Waals surface area contributed by atoms with Gasteiger partial charge in [0.05, 0.1) is 22.6 Å². The Morgan fingerprint density at radius 2 is 2.17 bits per heavy atom. The van der Waals surface area contributed by atoms with Crippen LogP contribution in [0.5, 0.6) is 0 Å². The molecule has 6 heteroatoms. The number of nitrogens with zero attached hydrogens (tertiary/aromatic N) is 2. The fourth-order valence-electron chi connectivity index (χ4n) is 4.71. The monoisotopic (exact) mass is 397 g/mol. The lowest BCUT2D eigenvalue weighted by Gasteiger charge is -2.30. The first-order valence-corrected chi connectivity index (χ1v) is 10.5. The lowest BCUT2D eigenvalue weighted by molar-refractivity contribution is 0.0997. The Hall–Kier alpha value is -2.37. The summed E-state index contributed by atoms with van der Waals surface area (Å²) in [5.74, 6) is -1.36. The predicted molar refractivity (Wildman–Crippen MR) is 113 cm³/mol. The minimum absolute atomic E-state index is 0.0719. The van der Waals surface area contributed by atoms with Crippen molar-refractivity contribution in [3.05, 3.63) is 46.9 Å². The van der Waals surface area contributed by atoms with Gasteiger partial charge >= 0.3 is 0 Å². The third-order valence-electron chi connectivity index (χ3n) is 6.33. The highest BCUT2D eigenvalue weighted by Gasteiger charge is 2.31. The normalized spacial score (nSPS) is 19.0. The molecule has 0 aliphatic heterocycles. The number of halogens is 1. The zero-order valence-corrected chi connectivity index (χ0v) is 17.5. The van der Waals surface area contributed by atoms with E-state index in [0.717, 1.165) is 56.3 Å². The Morgan fingerprint density at radius 1 is 1.38 bits per heavy atom. The number of aromatic nitrogens is 2. The largest absolute Gasteiger partial charge is 0.382 e. The van der Waals surface area contributed by atoms with Gasteiger partial charge in [0.2, 0.25) is 0 Å². The van der Waals surface area contributed by atoms with Gasteiger partial charge in [-0.05, 0) is 62.5 Å². The number of primary amides is 1. The van der Waals surface area contributed by atoms with Crippen LogP contribution in [0.15, 0.2) is 12.1 Å². The molecule has 155 valence electrons. The van der Waals surface area contributed by atoms with E-state index >= 15 is 4.39 Å². The Balaban J connectivity index is 1.78. The predicted octanol–water partition coefficient (Wildman–Crippen LogP) is 4.49. The Labute approximate surface area is 171 Å². The van der Waals surface area contributed by atoms with E-state index in [1.54, 1.807) is 0 Å². The first kappa shape index (κ1) is 19.9. The van der Waals surface area contributed by atoms with Gasteiger partial charge < -0.3 is 11.1 Å². The molecule has 1 aromatic carbocycles. The van der Waals surface area contributed by atoms with Gasteiger partial charge in [-0.1, -0.05) is 26.7 Å². The molecule has 0 saturated heterocycles.